The molecular weight excluding hydrogens is 184 g/mol. The Labute approximate surface area is 94.7 Å². The van der Waals surface area contributed by atoms with E-state index in [-0.39, 0.29) is 0 Å². The molecule has 1 heterocycles. The molecule has 0 aromatic rings. The van der Waals surface area contributed by atoms with E-state index in [1.807, 2.05) is 0 Å². The molecule has 0 aromatic heterocycles. The van der Waals surface area contributed by atoms with Crippen molar-refractivity contribution in [1.82, 2.24) is 10.2 Å². The number of allylic oxidation sites excluding steroid dienone is 1. The second-order valence-electron chi connectivity index (χ2n) is 4.78. The molecule has 15 heavy (non-hydrogen) atoms. The quantitative estimate of drug-likeness (QED) is 0.701. The molecule has 1 rings (SSSR count). The third kappa shape index (κ3) is 4.80. The van der Waals surface area contributed by atoms with Gasteiger partial charge in [-0.3, -0.25) is 4.90 Å². The lowest BCUT2D eigenvalue weighted by Gasteiger charge is -2.35. The normalized spacial score (nSPS) is 24.1. The first-order valence-corrected chi connectivity index (χ1v) is 6.32. The molecule has 2 heteroatoms. The summed E-state index contributed by atoms with van der Waals surface area (Å²) in [4.78, 5) is 2.61. The molecule has 2 nitrogen and oxygen atoms in total. The van der Waals surface area contributed by atoms with E-state index in [2.05, 4.69) is 43.1 Å². The van der Waals surface area contributed by atoms with Crippen LogP contribution in [0.15, 0.2) is 12.2 Å². The predicted octanol–water partition coefficient (Wildman–Crippen LogP) is 2.42. The number of rotatable bonds is 5. The van der Waals surface area contributed by atoms with Gasteiger partial charge in [-0.05, 0) is 26.3 Å². The summed E-state index contributed by atoms with van der Waals surface area (Å²) >= 11 is 0. The molecule has 0 radical (unpaired) electrons. The van der Waals surface area contributed by atoms with Crippen LogP contribution >= 0.6 is 0 Å². The minimum Gasteiger partial charge on any atom is -0.313 e. The van der Waals surface area contributed by atoms with Gasteiger partial charge in [-0.1, -0.05) is 32.4 Å². The van der Waals surface area contributed by atoms with Gasteiger partial charge >= 0.3 is 0 Å². The van der Waals surface area contributed by atoms with Crippen molar-refractivity contribution in [1.29, 1.82) is 0 Å². The van der Waals surface area contributed by atoms with E-state index < -0.39 is 0 Å². The Kier molecular flexibility index (Phi) is 5.96. The van der Waals surface area contributed by atoms with Crippen LogP contribution < -0.4 is 5.32 Å². The van der Waals surface area contributed by atoms with Crippen LogP contribution in [-0.4, -0.2) is 36.6 Å². The summed E-state index contributed by atoms with van der Waals surface area (Å²) in [6, 6.07) is 1.35. The molecule has 1 aliphatic heterocycles. The largest absolute Gasteiger partial charge is 0.313 e. The smallest absolute Gasteiger partial charge is 0.0224 e. The van der Waals surface area contributed by atoms with E-state index >= 15 is 0 Å². The molecule has 1 aliphatic rings. The highest BCUT2D eigenvalue weighted by Gasteiger charge is 2.20. The Hall–Kier alpha value is -0.340. The van der Waals surface area contributed by atoms with Crippen LogP contribution in [0, 0.1) is 0 Å². The van der Waals surface area contributed by atoms with Gasteiger partial charge in [0.1, 0.15) is 0 Å². The average molecular weight is 210 g/mol. The number of nitrogens with zero attached hydrogens (tertiary/aromatic N) is 1. The molecule has 1 unspecified atom stereocenters. The molecule has 0 aliphatic carbocycles. The average Bonchev–Trinajstić information content (AvgIpc) is 2.24. The third-order valence-corrected chi connectivity index (χ3v) is 3.09. The molecule has 0 spiro atoms. The molecule has 0 amide bonds. The Balaban J connectivity index is 2.35. The number of nitrogens with one attached hydrogen (secondary N) is 1. The first-order chi connectivity index (χ1) is 7.24. The summed E-state index contributed by atoms with van der Waals surface area (Å²) in [6.45, 7) is 10.1. The number of hydrogen-bond acceptors (Lipinski definition) is 2. The summed E-state index contributed by atoms with van der Waals surface area (Å²) in [5.74, 6) is 0. The van der Waals surface area contributed by atoms with Crippen LogP contribution in [0.1, 0.15) is 40.0 Å². The molecular formula is C13H26N2. The molecule has 1 N–H and O–H groups in total. The van der Waals surface area contributed by atoms with E-state index in [1.165, 1.54) is 25.8 Å². The van der Waals surface area contributed by atoms with Crippen LogP contribution in [-0.2, 0) is 0 Å². The Morgan fingerprint density at radius 1 is 1.40 bits per heavy atom. The van der Waals surface area contributed by atoms with Gasteiger partial charge in [0.2, 0.25) is 0 Å². The lowest BCUT2D eigenvalue weighted by atomic mass is 10.0. The van der Waals surface area contributed by atoms with Crippen molar-refractivity contribution in [2.24, 2.45) is 0 Å². The maximum atomic E-state index is 3.56. The second-order valence-corrected chi connectivity index (χ2v) is 4.78. The maximum absolute atomic E-state index is 3.56. The fourth-order valence-corrected chi connectivity index (χ4v) is 2.14. The Morgan fingerprint density at radius 2 is 2.20 bits per heavy atom. The topological polar surface area (TPSA) is 15.3 Å². The standard InChI is InChI=1S/C13H26N2/c1-4-5-9-15-10-7-6-8-13(15)11-14-12(2)3/h4-5,12-14H,6-11H2,1-3H3. The van der Waals surface area contributed by atoms with Crippen molar-refractivity contribution in [3.05, 3.63) is 12.2 Å². The molecule has 0 saturated carbocycles. The summed E-state index contributed by atoms with van der Waals surface area (Å²) in [6.07, 6.45) is 8.55. The van der Waals surface area contributed by atoms with E-state index in [1.54, 1.807) is 0 Å². The fourth-order valence-electron chi connectivity index (χ4n) is 2.14. The van der Waals surface area contributed by atoms with E-state index in [0.29, 0.717) is 6.04 Å². The van der Waals surface area contributed by atoms with Gasteiger partial charge < -0.3 is 5.32 Å². The zero-order valence-corrected chi connectivity index (χ0v) is 10.5. The van der Waals surface area contributed by atoms with Gasteiger partial charge in [-0.2, -0.15) is 0 Å². The van der Waals surface area contributed by atoms with Crippen molar-refractivity contribution >= 4 is 0 Å². The van der Waals surface area contributed by atoms with Gasteiger partial charge in [0.25, 0.3) is 0 Å². The maximum Gasteiger partial charge on any atom is 0.0224 e. The van der Waals surface area contributed by atoms with Gasteiger partial charge in [0, 0.05) is 25.2 Å². The first kappa shape index (κ1) is 12.7. The van der Waals surface area contributed by atoms with E-state index in [9.17, 15) is 0 Å². The summed E-state index contributed by atoms with van der Waals surface area (Å²) in [7, 11) is 0. The zero-order valence-electron chi connectivity index (χ0n) is 10.5. The monoisotopic (exact) mass is 210 g/mol. The Morgan fingerprint density at radius 3 is 2.87 bits per heavy atom. The van der Waals surface area contributed by atoms with Crippen LogP contribution in [0.3, 0.4) is 0 Å². The molecule has 0 bridgehead atoms. The number of hydrogen-bond donors (Lipinski definition) is 1. The van der Waals surface area contributed by atoms with Gasteiger partial charge in [-0.15, -0.1) is 0 Å². The van der Waals surface area contributed by atoms with Crippen molar-refractivity contribution in [2.45, 2.75) is 52.1 Å². The van der Waals surface area contributed by atoms with Crippen molar-refractivity contribution in [3.8, 4) is 0 Å². The van der Waals surface area contributed by atoms with Gasteiger partial charge in [0.05, 0.1) is 0 Å². The highest BCUT2D eigenvalue weighted by Crippen LogP contribution is 2.16. The first-order valence-electron chi connectivity index (χ1n) is 6.32. The van der Waals surface area contributed by atoms with Gasteiger partial charge in [-0.25, -0.2) is 0 Å². The highest BCUT2D eigenvalue weighted by atomic mass is 15.2. The second kappa shape index (κ2) is 7.02. The van der Waals surface area contributed by atoms with Crippen molar-refractivity contribution in [2.75, 3.05) is 19.6 Å². The molecule has 88 valence electrons. The van der Waals surface area contributed by atoms with E-state index in [0.717, 1.165) is 19.1 Å². The summed E-state index contributed by atoms with van der Waals surface area (Å²) in [5.41, 5.74) is 0. The van der Waals surface area contributed by atoms with Crippen molar-refractivity contribution < 1.29 is 0 Å². The minimum atomic E-state index is 0.607. The number of piperidine rings is 1. The molecule has 0 aromatic carbocycles. The van der Waals surface area contributed by atoms with Crippen LogP contribution in [0.25, 0.3) is 0 Å². The lowest BCUT2D eigenvalue weighted by Crippen LogP contribution is -2.46. The molecule has 1 atom stereocenters. The number of likely N-dealkylation sites (tertiary alicyclic amines) is 1. The molecule has 1 fully saturated rings. The zero-order chi connectivity index (χ0) is 11.1. The summed E-state index contributed by atoms with van der Waals surface area (Å²) in [5, 5.41) is 3.56. The SMILES string of the molecule is CC=CCN1CCCCC1CNC(C)C. The summed E-state index contributed by atoms with van der Waals surface area (Å²) < 4.78 is 0. The van der Waals surface area contributed by atoms with Crippen molar-refractivity contribution in [3.63, 3.8) is 0 Å². The predicted molar refractivity (Wildman–Crippen MR) is 67.2 cm³/mol. The Bertz CT molecular complexity index is 187. The molecule has 1 saturated heterocycles. The van der Waals surface area contributed by atoms with Crippen LogP contribution in [0.4, 0.5) is 0 Å². The minimum absolute atomic E-state index is 0.607. The van der Waals surface area contributed by atoms with Crippen LogP contribution in [0.2, 0.25) is 0 Å². The van der Waals surface area contributed by atoms with Crippen LogP contribution in [0.5, 0.6) is 0 Å². The lowest BCUT2D eigenvalue weighted by molar-refractivity contribution is 0.159. The van der Waals surface area contributed by atoms with Gasteiger partial charge in [0.15, 0.2) is 0 Å². The van der Waals surface area contributed by atoms with E-state index in [4.69, 9.17) is 0 Å². The fraction of sp³-hybridized carbons (Fsp3) is 0.846. The third-order valence-electron chi connectivity index (χ3n) is 3.09. The highest BCUT2D eigenvalue weighted by molar-refractivity contribution is 4.87.